The molecule has 3 aliphatic rings. The predicted octanol–water partition coefficient (Wildman–Crippen LogP) is 6.96. The average Bonchev–Trinajstić information content (AvgIpc) is 3.03. The molecule has 42 heavy (non-hydrogen) atoms. The van der Waals surface area contributed by atoms with Crippen LogP contribution in [0.4, 0.5) is 0 Å². The number of rotatable bonds is 11. The van der Waals surface area contributed by atoms with Crippen LogP contribution in [-0.4, -0.2) is 48.4 Å². The van der Waals surface area contributed by atoms with Gasteiger partial charge in [-0.25, -0.2) is 0 Å². The lowest BCUT2D eigenvalue weighted by Gasteiger charge is -2.40. The van der Waals surface area contributed by atoms with Gasteiger partial charge in [0.25, 0.3) is 0 Å². The fourth-order valence-electron chi connectivity index (χ4n) is 6.19. The van der Waals surface area contributed by atoms with Crippen molar-refractivity contribution in [3.8, 4) is 12.1 Å². The van der Waals surface area contributed by atoms with Crippen LogP contribution in [0.25, 0.3) is 0 Å². The molecule has 7 heteroatoms. The summed E-state index contributed by atoms with van der Waals surface area (Å²) in [5.74, 6) is 1.12. The fourth-order valence-corrected chi connectivity index (χ4v) is 6.19. The molecule has 1 saturated carbocycles. The van der Waals surface area contributed by atoms with Gasteiger partial charge in [0.05, 0.1) is 23.9 Å². The van der Waals surface area contributed by atoms with Crippen molar-refractivity contribution in [2.24, 2.45) is 5.92 Å². The molecule has 2 aliphatic heterocycles. The summed E-state index contributed by atoms with van der Waals surface area (Å²) < 4.78 is 0. The van der Waals surface area contributed by atoms with E-state index in [1.165, 1.54) is 43.4 Å². The van der Waals surface area contributed by atoms with E-state index < -0.39 is 0 Å². The molecule has 0 aromatic heterocycles. The third-order valence-corrected chi connectivity index (χ3v) is 8.66. The molecular formula is C35H49N7. The molecule has 1 aliphatic carbocycles. The van der Waals surface area contributed by atoms with Crippen LogP contribution < -0.4 is 10.6 Å². The number of hydrogen-bond acceptors (Lipinski definition) is 6. The van der Waals surface area contributed by atoms with E-state index in [9.17, 15) is 10.7 Å². The first kappa shape index (κ1) is 32.5. The van der Waals surface area contributed by atoms with Crippen LogP contribution in [-0.2, 0) is 0 Å². The maximum Gasteiger partial charge on any atom is 0.131 e. The molecule has 0 bridgehead atoms. The van der Waals surface area contributed by atoms with Gasteiger partial charge in [-0.3, -0.25) is 5.41 Å². The molecule has 1 fully saturated rings. The summed E-state index contributed by atoms with van der Waals surface area (Å²) in [5.41, 5.74) is 6.78. The van der Waals surface area contributed by atoms with E-state index in [0.29, 0.717) is 24.0 Å². The number of amidine groups is 1. The summed E-state index contributed by atoms with van der Waals surface area (Å²) in [6.07, 6.45) is 17.4. The monoisotopic (exact) mass is 567 g/mol. The number of nitriles is 2. The number of nitrogens with zero attached hydrogens (tertiary/aromatic N) is 4. The van der Waals surface area contributed by atoms with Gasteiger partial charge in [0.15, 0.2) is 0 Å². The van der Waals surface area contributed by atoms with Gasteiger partial charge in [-0.15, -0.1) is 0 Å². The zero-order valence-electron chi connectivity index (χ0n) is 26.2. The van der Waals surface area contributed by atoms with Gasteiger partial charge in [-0.2, -0.15) is 10.5 Å². The van der Waals surface area contributed by atoms with E-state index in [2.05, 4.69) is 58.7 Å². The highest BCUT2D eigenvalue weighted by molar-refractivity contribution is 5.98. The molecule has 3 N–H and O–H groups in total. The number of nitrogens with one attached hydrogen (secondary N) is 3. The lowest BCUT2D eigenvalue weighted by molar-refractivity contribution is 0.321. The summed E-state index contributed by atoms with van der Waals surface area (Å²) in [6, 6.07) is 4.95. The normalized spacial score (nSPS) is 19.9. The molecule has 7 nitrogen and oxygen atoms in total. The first-order valence-corrected chi connectivity index (χ1v) is 15.5. The molecule has 0 radical (unpaired) electrons. The molecule has 224 valence electrons. The fraction of sp³-hybridized carbons (Fsp3) is 0.514. The maximum absolute atomic E-state index is 9.89. The first-order chi connectivity index (χ1) is 20.3. The Bertz CT molecular complexity index is 1270. The topological polar surface area (TPSA) is 102 Å². The second-order valence-corrected chi connectivity index (χ2v) is 11.4. The SMILES string of the molecule is C=C(C#N)\C=C/C(=C\C)C(=C/C1=C(CC)N(C(=N)C2=C(NC3CCCCC3)CCN(C(=C)NC)C2)CCC1)/C(C)C#N. The summed E-state index contributed by atoms with van der Waals surface area (Å²) in [4.78, 5) is 4.44. The number of hydrogen-bond donors (Lipinski definition) is 3. The minimum absolute atomic E-state index is 0.329. The van der Waals surface area contributed by atoms with E-state index in [-0.39, 0.29) is 5.92 Å². The van der Waals surface area contributed by atoms with E-state index in [0.717, 1.165) is 67.0 Å². The zero-order chi connectivity index (χ0) is 30.6. The highest BCUT2D eigenvalue weighted by Gasteiger charge is 2.30. The molecular weight excluding hydrogens is 518 g/mol. The lowest BCUT2D eigenvalue weighted by Crippen LogP contribution is -2.45. The van der Waals surface area contributed by atoms with Crippen molar-refractivity contribution in [2.45, 2.75) is 84.6 Å². The van der Waals surface area contributed by atoms with Crippen molar-refractivity contribution in [3.05, 3.63) is 82.5 Å². The van der Waals surface area contributed by atoms with Gasteiger partial charge in [0, 0.05) is 61.7 Å². The Morgan fingerprint density at radius 2 is 1.86 bits per heavy atom. The standard InChI is InChI=1S/C35H49N7/c1-7-28(17-16-25(3)22-36)31(26(4)23-37)21-29-13-12-19-42(34(29)8-2)35(38)32-24-41(27(5)39-6)20-18-33(32)40-30-14-10-9-11-15-30/h7,16-17,21,26,30,38-40H,3,5,8-15,18-20,24H2,1-2,4,6H3/b17-16-,28-7+,31-21+,38-35?. The van der Waals surface area contributed by atoms with Gasteiger partial charge in [0.1, 0.15) is 5.84 Å². The molecule has 0 amide bonds. The van der Waals surface area contributed by atoms with Crippen molar-refractivity contribution in [2.75, 3.05) is 26.7 Å². The Labute approximate surface area is 253 Å². The highest BCUT2D eigenvalue weighted by atomic mass is 15.3. The molecule has 0 spiro atoms. The molecule has 2 heterocycles. The smallest absolute Gasteiger partial charge is 0.131 e. The largest absolute Gasteiger partial charge is 0.385 e. The van der Waals surface area contributed by atoms with Crippen molar-refractivity contribution >= 4 is 5.84 Å². The predicted molar refractivity (Wildman–Crippen MR) is 173 cm³/mol. The van der Waals surface area contributed by atoms with Crippen LogP contribution in [0.3, 0.4) is 0 Å². The van der Waals surface area contributed by atoms with Crippen LogP contribution in [0, 0.1) is 34.0 Å². The minimum Gasteiger partial charge on any atom is -0.385 e. The highest BCUT2D eigenvalue weighted by Crippen LogP contribution is 2.33. The van der Waals surface area contributed by atoms with Crippen molar-refractivity contribution < 1.29 is 0 Å². The number of allylic oxidation sites excluding steroid dienone is 9. The minimum atomic E-state index is -0.329. The Balaban J connectivity index is 2.04. The molecule has 3 rings (SSSR count). The first-order valence-electron chi connectivity index (χ1n) is 15.5. The van der Waals surface area contributed by atoms with E-state index >= 15 is 0 Å². The van der Waals surface area contributed by atoms with Crippen LogP contribution in [0.15, 0.2) is 82.5 Å². The lowest BCUT2D eigenvalue weighted by atomic mass is 9.88. The maximum atomic E-state index is 9.89. The van der Waals surface area contributed by atoms with Crippen LogP contribution in [0.1, 0.15) is 78.6 Å². The van der Waals surface area contributed by atoms with Gasteiger partial charge in [0.2, 0.25) is 0 Å². The van der Waals surface area contributed by atoms with Crippen molar-refractivity contribution in [1.29, 1.82) is 15.9 Å². The molecule has 1 atom stereocenters. The van der Waals surface area contributed by atoms with Gasteiger partial charge >= 0.3 is 0 Å². The summed E-state index contributed by atoms with van der Waals surface area (Å²) in [7, 11) is 1.90. The molecule has 0 saturated heterocycles. The molecule has 1 unspecified atom stereocenters. The van der Waals surface area contributed by atoms with Crippen LogP contribution in [0.2, 0.25) is 0 Å². The Kier molecular flexibility index (Phi) is 12.3. The average molecular weight is 568 g/mol. The zero-order valence-corrected chi connectivity index (χ0v) is 26.2. The van der Waals surface area contributed by atoms with Crippen LogP contribution in [0.5, 0.6) is 0 Å². The quantitative estimate of drug-likeness (QED) is 0.108. The van der Waals surface area contributed by atoms with Gasteiger partial charge in [-0.1, -0.05) is 57.6 Å². The second kappa shape index (κ2) is 15.9. The van der Waals surface area contributed by atoms with Gasteiger partial charge < -0.3 is 20.4 Å². The van der Waals surface area contributed by atoms with E-state index in [1.807, 2.05) is 33.0 Å². The Morgan fingerprint density at radius 3 is 2.48 bits per heavy atom. The molecule has 0 aromatic carbocycles. The third-order valence-electron chi connectivity index (χ3n) is 8.66. The van der Waals surface area contributed by atoms with E-state index in [1.54, 1.807) is 6.08 Å². The third kappa shape index (κ3) is 8.07. The van der Waals surface area contributed by atoms with Gasteiger partial charge in [-0.05, 0) is 68.7 Å². The summed E-state index contributed by atoms with van der Waals surface area (Å²) >= 11 is 0. The van der Waals surface area contributed by atoms with Crippen molar-refractivity contribution in [3.63, 3.8) is 0 Å². The molecule has 0 aromatic rings. The summed E-state index contributed by atoms with van der Waals surface area (Å²) in [5, 5.41) is 35.7. The van der Waals surface area contributed by atoms with E-state index in [4.69, 9.17) is 5.26 Å². The Hall–Kier alpha value is -3.97. The summed E-state index contributed by atoms with van der Waals surface area (Å²) in [6.45, 7) is 16.3. The van der Waals surface area contributed by atoms with Crippen LogP contribution >= 0.6 is 0 Å². The second-order valence-electron chi connectivity index (χ2n) is 11.4. The Morgan fingerprint density at radius 1 is 1.12 bits per heavy atom. The van der Waals surface area contributed by atoms with Crippen molar-refractivity contribution in [1.82, 2.24) is 20.4 Å².